The smallest absolute Gasteiger partial charge is 0.174 e. The number of nitrogens with one attached hydrogen (secondary N) is 1. The van der Waals surface area contributed by atoms with E-state index in [1.807, 2.05) is 6.92 Å². The van der Waals surface area contributed by atoms with Crippen molar-refractivity contribution in [2.45, 2.75) is 55.8 Å². The van der Waals surface area contributed by atoms with E-state index in [-0.39, 0.29) is 17.6 Å². The summed E-state index contributed by atoms with van der Waals surface area (Å²) in [4.78, 5) is 12.5. The van der Waals surface area contributed by atoms with Crippen molar-refractivity contribution in [2.24, 2.45) is 0 Å². The lowest BCUT2D eigenvalue weighted by Gasteiger charge is -2.59. The fourth-order valence-electron chi connectivity index (χ4n) is 5.49. The van der Waals surface area contributed by atoms with Crippen LogP contribution in [-0.4, -0.2) is 40.3 Å². The first-order chi connectivity index (χ1) is 10.5. The highest BCUT2D eigenvalue weighted by Gasteiger charge is 2.72. The first-order valence-electron chi connectivity index (χ1n) is 8.00. The fraction of sp³-hybridized carbons (Fsp3) is 0.588. The zero-order valence-corrected chi connectivity index (χ0v) is 12.5. The monoisotopic (exact) mass is 301 g/mol. The molecule has 2 unspecified atom stereocenters. The molecule has 2 aliphatic heterocycles. The van der Waals surface area contributed by atoms with Crippen LogP contribution in [0.3, 0.4) is 0 Å². The van der Waals surface area contributed by atoms with Gasteiger partial charge in [0.2, 0.25) is 0 Å². The molecule has 2 bridgehead atoms. The van der Waals surface area contributed by atoms with E-state index in [1.165, 1.54) is 0 Å². The minimum absolute atomic E-state index is 0.0476. The molecule has 0 radical (unpaired) electrons. The first-order valence-corrected chi connectivity index (χ1v) is 8.00. The van der Waals surface area contributed by atoms with E-state index in [1.54, 1.807) is 6.07 Å². The second kappa shape index (κ2) is 3.66. The average molecular weight is 301 g/mol. The maximum absolute atomic E-state index is 12.5. The zero-order valence-electron chi connectivity index (χ0n) is 12.5. The first kappa shape index (κ1) is 12.9. The Balaban J connectivity index is 1.91. The standard InChI is InChI=1S/C17H19NO4/c1-8-6-11(20)14-13-9(8)7-12-17(21)3-2-10(19)15(22-14)16(13,17)4-5-18-12/h6,12,15,18,20-21H,2-5,7H2,1H3/t12?,15-,16-,17?/m0/s1. The van der Waals surface area contributed by atoms with Gasteiger partial charge in [0.15, 0.2) is 23.4 Å². The molecule has 5 nitrogen and oxygen atoms in total. The van der Waals surface area contributed by atoms with Gasteiger partial charge in [-0.2, -0.15) is 0 Å². The van der Waals surface area contributed by atoms with Crippen LogP contribution in [0.1, 0.15) is 36.0 Å². The van der Waals surface area contributed by atoms with Crippen molar-refractivity contribution in [3.63, 3.8) is 0 Å². The molecule has 3 N–H and O–H groups in total. The zero-order chi connectivity index (χ0) is 15.3. The van der Waals surface area contributed by atoms with Gasteiger partial charge in [-0.15, -0.1) is 0 Å². The van der Waals surface area contributed by atoms with Gasteiger partial charge in [-0.3, -0.25) is 4.79 Å². The highest BCUT2D eigenvalue weighted by atomic mass is 16.5. The number of aromatic hydroxyl groups is 1. The molecule has 1 saturated heterocycles. The quantitative estimate of drug-likeness (QED) is 0.658. The van der Waals surface area contributed by atoms with E-state index < -0.39 is 17.1 Å². The third kappa shape index (κ3) is 1.13. The Morgan fingerprint density at radius 3 is 3.05 bits per heavy atom. The number of benzene rings is 1. The van der Waals surface area contributed by atoms with Gasteiger partial charge in [0.25, 0.3) is 0 Å². The summed E-state index contributed by atoms with van der Waals surface area (Å²) in [5.74, 6) is 0.568. The summed E-state index contributed by atoms with van der Waals surface area (Å²) in [5.41, 5.74) is 1.39. The SMILES string of the molecule is Cc1cc(O)c2c3c1CC1NCC[C@@]34[C@@H](O2)C(=O)CCC14O. The Labute approximate surface area is 128 Å². The molecular weight excluding hydrogens is 282 g/mol. The molecule has 116 valence electrons. The number of phenols is 1. The molecule has 5 heteroatoms. The Morgan fingerprint density at radius 1 is 1.41 bits per heavy atom. The predicted octanol–water partition coefficient (Wildman–Crippen LogP) is 0.711. The van der Waals surface area contributed by atoms with Crippen molar-refractivity contribution in [1.29, 1.82) is 0 Å². The van der Waals surface area contributed by atoms with Crippen LogP contribution < -0.4 is 10.1 Å². The van der Waals surface area contributed by atoms with Crippen molar-refractivity contribution < 1.29 is 19.7 Å². The highest BCUT2D eigenvalue weighted by molar-refractivity contribution is 5.90. The molecule has 1 saturated carbocycles. The van der Waals surface area contributed by atoms with Crippen molar-refractivity contribution in [1.82, 2.24) is 5.32 Å². The number of rotatable bonds is 0. The summed E-state index contributed by atoms with van der Waals surface area (Å²) in [5, 5.41) is 25.3. The second-order valence-corrected chi connectivity index (χ2v) is 7.22. The summed E-state index contributed by atoms with van der Waals surface area (Å²) >= 11 is 0. The minimum atomic E-state index is -0.970. The molecule has 4 aliphatic rings. The van der Waals surface area contributed by atoms with Crippen LogP contribution >= 0.6 is 0 Å². The number of hydrogen-bond donors (Lipinski definition) is 3. The lowest BCUT2D eigenvalue weighted by atomic mass is 9.49. The summed E-state index contributed by atoms with van der Waals surface area (Å²) in [6.07, 6.45) is 1.54. The van der Waals surface area contributed by atoms with Crippen LogP contribution in [0, 0.1) is 6.92 Å². The van der Waals surface area contributed by atoms with Crippen molar-refractivity contribution in [3.05, 3.63) is 22.8 Å². The summed E-state index contributed by atoms with van der Waals surface area (Å²) in [7, 11) is 0. The molecule has 2 fully saturated rings. The second-order valence-electron chi connectivity index (χ2n) is 7.22. The van der Waals surface area contributed by atoms with Crippen LogP contribution in [0.15, 0.2) is 6.07 Å². The molecule has 1 spiro atoms. The Kier molecular flexibility index (Phi) is 2.15. The van der Waals surface area contributed by atoms with Crippen LogP contribution in [-0.2, 0) is 16.6 Å². The molecule has 0 amide bonds. The van der Waals surface area contributed by atoms with Gasteiger partial charge >= 0.3 is 0 Å². The number of piperidine rings is 1. The number of Topliss-reactive ketones (excluding diaryl/α,β-unsaturated/α-hetero) is 1. The van der Waals surface area contributed by atoms with Crippen LogP contribution in [0.2, 0.25) is 0 Å². The minimum Gasteiger partial charge on any atom is -0.504 e. The number of ketones is 1. The number of aliphatic hydroxyl groups is 1. The van der Waals surface area contributed by atoms with Crippen molar-refractivity contribution >= 4 is 5.78 Å². The van der Waals surface area contributed by atoms with Crippen LogP contribution in [0.5, 0.6) is 11.5 Å². The number of hydrogen-bond acceptors (Lipinski definition) is 5. The van der Waals surface area contributed by atoms with Gasteiger partial charge < -0.3 is 20.3 Å². The molecule has 1 aromatic rings. The summed E-state index contributed by atoms with van der Waals surface area (Å²) in [6, 6.07) is 1.66. The third-order valence-electron chi connectivity index (χ3n) is 6.43. The lowest BCUT2D eigenvalue weighted by Crippen LogP contribution is -2.76. The maximum atomic E-state index is 12.5. The normalized spacial score (nSPS) is 41.1. The predicted molar refractivity (Wildman–Crippen MR) is 78.2 cm³/mol. The maximum Gasteiger partial charge on any atom is 0.174 e. The largest absolute Gasteiger partial charge is 0.504 e. The van der Waals surface area contributed by atoms with Crippen molar-refractivity contribution in [2.75, 3.05) is 6.54 Å². The molecule has 1 aromatic carbocycles. The van der Waals surface area contributed by atoms with Gasteiger partial charge in [-0.1, -0.05) is 0 Å². The molecule has 2 aliphatic carbocycles. The average Bonchev–Trinajstić information content (AvgIpc) is 2.80. The van der Waals surface area contributed by atoms with Gasteiger partial charge in [-0.25, -0.2) is 0 Å². The molecule has 4 atom stereocenters. The summed E-state index contributed by atoms with van der Waals surface area (Å²) in [6.45, 7) is 2.73. The lowest BCUT2D eigenvalue weighted by molar-refractivity contribution is -0.166. The Morgan fingerprint density at radius 2 is 2.23 bits per heavy atom. The van der Waals surface area contributed by atoms with Crippen LogP contribution in [0.4, 0.5) is 0 Å². The number of phenolic OH excluding ortho intramolecular Hbond substituents is 1. The van der Waals surface area contributed by atoms with E-state index in [9.17, 15) is 15.0 Å². The van der Waals surface area contributed by atoms with Gasteiger partial charge in [0, 0.05) is 18.0 Å². The van der Waals surface area contributed by atoms with Gasteiger partial charge in [-0.05, 0) is 49.9 Å². The molecule has 0 aromatic heterocycles. The van der Waals surface area contributed by atoms with Crippen molar-refractivity contribution in [3.8, 4) is 11.5 Å². The molecule has 5 rings (SSSR count). The van der Waals surface area contributed by atoms with E-state index in [2.05, 4.69) is 5.32 Å². The van der Waals surface area contributed by atoms with Crippen LogP contribution in [0.25, 0.3) is 0 Å². The third-order valence-corrected chi connectivity index (χ3v) is 6.43. The number of carbonyl (C=O) groups excluding carboxylic acids is 1. The Bertz CT molecular complexity index is 730. The van der Waals surface area contributed by atoms with E-state index in [0.717, 1.165) is 29.7 Å². The van der Waals surface area contributed by atoms with E-state index in [0.29, 0.717) is 25.0 Å². The number of ether oxygens (including phenoxy) is 1. The van der Waals surface area contributed by atoms with E-state index >= 15 is 0 Å². The highest BCUT2D eigenvalue weighted by Crippen LogP contribution is 2.63. The topological polar surface area (TPSA) is 78.8 Å². The molecule has 22 heavy (non-hydrogen) atoms. The Hall–Kier alpha value is -1.59. The molecular formula is C17H19NO4. The molecule has 2 heterocycles. The van der Waals surface area contributed by atoms with E-state index in [4.69, 9.17) is 4.74 Å². The van der Waals surface area contributed by atoms with Gasteiger partial charge in [0.1, 0.15) is 0 Å². The fourth-order valence-corrected chi connectivity index (χ4v) is 5.49. The number of aryl methyl sites for hydroxylation is 1. The summed E-state index contributed by atoms with van der Waals surface area (Å²) < 4.78 is 5.95. The number of carbonyl (C=O) groups is 1. The van der Waals surface area contributed by atoms with Gasteiger partial charge in [0.05, 0.1) is 11.0 Å².